The molecule has 56 valence electrons. The van der Waals surface area contributed by atoms with Crippen molar-refractivity contribution in [3.8, 4) is 6.19 Å². The van der Waals surface area contributed by atoms with Gasteiger partial charge in [0.1, 0.15) is 0 Å². The van der Waals surface area contributed by atoms with Crippen LogP contribution in [0.15, 0.2) is 0 Å². The third kappa shape index (κ3) is 3.68. The van der Waals surface area contributed by atoms with Gasteiger partial charge in [0.2, 0.25) is 5.91 Å². The fourth-order valence-corrected chi connectivity index (χ4v) is 0.824. The van der Waals surface area contributed by atoms with Gasteiger partial charge >= 0.3 is 10.2 Å². The molecule has 0 fully saturated rings. The quantitative estimate of drug-likeness (QED) is 0.379. The maximum atomic E-state index is 10.4. The molecule has 0 aromatic heterocycles. The predicted molar refractivity (Wildman–Crippen MR) is 31.5 cm³/mol. The summed E-state index contributed by atoms with van der Waals surface area (Å²) in [5, 5.41) is 7.82. The first kappa shape index (κ1) is 8.71. The molecule has 0 spiro atoms. The van der Waals surface area contributed by atoms with Gasteiger partial charge in [0.15, 0.2) is 6.19 Å². The highest BCUT2D eigenvalue weighted by Gasteiger charge is 2.07. The summed E-state index contributed by atoms with van der Waals surface area (Å²) in [6.07, 6.45) is 1.16. The first-order valence-corrected chi connectivity index (χ1v) is 3.65. The molecule has 0 aliphatic heterocycles. The van der Waals surface area contributed by atoms with E-state index in [9.17, 15) is 13.2 Å². The zero-order chi connectivity index (χ0) is 8.20. The monoisotopic (exact) mass is 163 g/mol. The van der Waals surface area contributed by atoms with E-state index in [4.69, 9.17) is 5.26 Å². The molecule has 1 amide bonds. The number of carbonyl (C=O) groups is 1. The van der Waals surface area contributed by atoms with E-state index in [0.717, 1.165) is 13.1 Å². The normalized spacial score (nSPS) is 9.60. The predicted octanol–water partition coefficient (Wildman–Crippen LogP) is -1.56. The standard InChI is InChI=1S/C3H5N3O3S/c1-3(7)6-10(8,9)5-2-4/h5H,1H3,(H,6,7). The van der Waals surface area contributed by atoms with Gasteiger partial charge in [-0.1, -0.05) is 0 Å². The van der Waals surface area contributed by atoms with Gasteiger partial charge < -0.3 is 0 Å². The molecule has 0 aliphatic carbocycles. The SMILES string of the molecule is CC(=O)NS(=O)(=O)NC#N. The van der Waals surface area contributed by atoms with Crippen LogP contribution in [0.2, 0.25) is 0 Å². The van der Waals surface area contributed by atoms with Gasteiger partial charge in [-0.15, -0.1) is 0 Å². The van der Waals surface area contributed by atoms with E-state index < -0.39 is 16.1 Å². The highest BCUT2D eigenvalue weighted by atomic mass is 32.2. The van der Waals surface area contributed by atoms with E-state index >= 15 is 0 Å². The molecule has 0 saturated carbocycles. The second kappa shape index (κ2) is 3.03. The molecular weight excluding hydrogens is 158 g/mol. The molecule has 0 aliphatic rings. The van der Waals surface area contributed by atoms with Crippen LogP contribution in [0.5, 0.6) is 0 Å². The largest absolute Gasteiger partial charge is 0.331 e. The van der Waals surface area contributed by atoms with Gasteiger partial charge in [0.05, 0.1) is 0 Å². The van der Waals surface area contributed by atoms with Gasteiger partial charge in [-0.3, -0.25) is 4.79 Å². The summed E-state index contributed by atoms with van der Waals surface area (Å²) in [6.45, 7) is 1.02. The van der Waals surface area contributed by atoms with E-state index in [1.54, 1.807) is 0 Å². The van der Waals surface area contributed by atoms with Crippen molar-refractivity contribution in [1.29, 1.82) is 5.26 Å². The van der Waals surface area contributed by atoms with Crippen LogP contribution < -0.4 is 9.44 Å². The molecule has 0 rings (SSSR count). The van der Waals surface area contributed by atoms with Crippen molar-refractivity contribution in [3.05, 3.63) is 0 Å². The Morgan fingerprint density at radius 1 is 1.60 bits per heavy atom. The maximum absolute atomic E-state index is 10.4. The first-order valence-electron chi connectivity index (χ1n) is 2.17. The summed E-state index contributed by atoms with van der Waals surface area (Å²) in [6, 6.07) is 0. The summed E-state index contributed by atoms with van der Waals surface area (Å²) in [5.74, 6) is -0.747. The van der Waals surface area contributed by atoms with Gasteiger partial charge in [0.25, 0.3) is 0 Å². The van der Waals surface area contributed by atoms with Gasteiger partial charge in [0, 0.05) is 6.92 Å². The van der Waals surface area contributed by atoms with Crippen molar-refractivity contribution < 1.29 is 13.2 Å². The lowest BCUT2D eigenvalue weighted by molar-refractivity contribution is -0.117. The Kier molecular flexibility index (Phi) is 2.64. The first-order chi connectivity index (χ1) is 4.48. The Labute approximate surface area is 58.0 Å². The molecule has 0 radical (unpaired) electrons. The summed E-state index contributed by atoms with van der Waals surface area (Å²) < 4.78 is 23.7. The third-order valence-corrected chi connectivity index (χ3v) is 1.37. The van der Waals surface area contributed by atoms with Crippen LogP contribution >= 0.6 is 0 Å². The average molecular weight is 163 g/mol. The Bertz CT molecular complexity index is 261. The number of nitrogens with zero attached hydrogens (tertiary/aromatic N) is 1. The van der Waals surface area contributed by atoms with Crippen molar-refractivity contribution in [2.75, 3.05) is 0 Å². The van der Waals surface area contributed by atoms with E-state index in [1.807, 2.05) is 0 Å². The lowest BCUT2D eigenvalue weighted by atomic mass is 10.8. The summed E-state index contributed by atoms with van der Waals surface area (Å²) in [7, 11) is -3.94. The molecule has 0 heterocycles. The highest BCUT2D eigenvalue weighted by Crippen LogP contribution is 1.72. The average Bonchev–Trinajstić information content (AvgIpc) is 1.59. The molecule has 7 heteroatoms. The molecule has 10 heavy (non-hydrogen) atoms. The van der Waals surface area contributed by atoms with Crippen LogP contribution in [-0.2, 0) is 15.0 Å². The molecule has 0 aromatic carbocycles. The number of carbonyl (C=O) groups excluding carboxylic acids is 1. The number of hydrogen-bond donors (Lipinski definition) is 2. The van der Waals surface area contributed by atoms with E-state index in [1.165, 1.54) is 9.44 Å². The van der Waals surface area contributed by atoms with Crippen LogP contribution in [0.1, 0.15) is 6.92 Å². The smallest absolute Gasteiger partial charge is 0.274 e. The number of nitriles is 1. The van der Waals surface area contributed by atoms with Crippen LogP contribution in [0, 0.1) is 11.5 Å². The molecule has 0 unspecified atom stereocenters. The van der Waals surface area contributed by atoms with Crippen molar-refractivity contribution >= 4 is 16.1 Å². The van der Waals surface area contributed by atoms with Crippen LogP contribution in [0.25, 0.3) is 0 Å². The van der Waals surface area contributed by atoms with Crippen molar-refractivity contribution in [1.82, 2.24) is 9.44 Å². The Morgan fingerprint density at radius 2 is 2.10 bits per heavy atom. The molecule has 0 saturated heterocycles. The second-order valence-corrected chi connectivity index (χ2v) is 2.79. The zero-order valence-electron chi connectivity index (χ0n) is 5.08. The molecule has 0 atom stereocenters. The number of nitrogens with one attached hydrogen (secondary N) is 2. The van der Waals surface area contributed by atoms with E-state index in [2.05, 4.69) is 0 Å². The van der Waals surface area contributed by atoms with Crippen LogP contribution in [0.4, 0.5) is 0 Å². The maximum Gasteiger partial charge on any atom is 0.331 e. The number of rotatable bonds is 2. The van der Waals surface area contributed by atoms with Crippen molar-refractivity contribution in [3.63, 3.8) is 0 Å². The minimum absolute atomic E-state index is 0.747. The van der Waals surface area contributed by atoms with E-state index in [-0.39, 0.29) is 0 Å². The van der Waals surface area contributed by atoms with Crippen LogP contribution in [0.3, 0.4) is 0 Å². The Hall–Kier alpha value is -1.29. The fourth-order valence-electron chi connectivity index (χ4n) is 0.275. The lowest BCUT2D eigenvalue weighted by Crippen LogP contribution is -2.36. The van der Waals surface area contributed by atoms with Crippen molar-refractivity contribution in [2.45, 2.75) is 6.92 Å². The van der Waals surface area contributed by atoms with Gasteiger partial charge in [-0.25, -0.2) is 9.44 Å². The van der Waals surface area contributed by atoms with Crippen LogP contribution in [-0.4, -0.2) is 14.3 Å². The fraction of sp³-hybridized carbons (Fsp3) is 0.333. The Balaban J connectivity index is 4.19. The Morgan fingerprint density at radius 3 is 2.40 bits per heavy atom. The second-order valence-electron chi connectivity index (χ2n) is 1.38. The minimum Gasteiger partial charge on any atom is -0.274 e. The van der Waals surface area contributed by atoms with Crippen molar-refractivity contribution in [2.24, 2.45) is 0 Å². The molecular formula is C3H5N3O3S. The number of hydrogen-bond acceptors (Lipinski definition) is 4. The minimum atomic E-state index is -3.94. The number of amides is 1. The molecule has 6 nitrogen and oxygen atoms in total. The summed E-state index contributed by atoms with van der Waals surface area (Å²) >= 11 is 0. The third-order valence-electron chi connectivity index (χ3n) is 0.458. The zero-order valence-corrected chi connectivity index (χ0v) is 5.90. The van der Waals surface area contributed by atoms with Gasteiger partial charge in [-0.05, 0) is 0 Å². The molecule has 2 N–H and O–H groups in total. The van der Waals surface area contributed by atoms with Gasteiger partial charge in [-0.2, -0.15) is 13.7 Å². The summed E-state index contributed by atoms with van der Waals surface area (Å²) in [5.41, 5.74) is 0. The highest BCUT2D eigenvalue weighted by molar-refractivity contribution is 7.88. The topological polar surface area (TPSA) is 99.1 Å². The van der Waals surface area contributed by atoms with E-state index in [0.29, 0.717) is 0 Å². The lowest BCUT2D eigenvalue weighted by Gasteiger charge is -1.98. The molecule has 0 bridgehead atoms. The molecule has 0 aromatic rings. The summed E-state index contributed by atoms with van der Waals surface area (Å²) in [4.78, 5) is 10.1.